The highest BCUT2D eigenvalue weighted by Crippen LogP contribution is 2.36. The summed E-state index contributed by atoms with van der Waals surface area (Å²) in [5.74, 6) is 2.02. The first-order chi connectivity index (χ1) is 19.5. The van der Waals surface area contributed by atoms with Crippen LogP contribution < -0.4 is 25.0 Å². The van der Waals surface area contributed by atoms with Crippen LogP contribution in [0.15, 0.2) is 90.2 Å². The molecular formula is C30H22FN5O4. The van der Waals surface area contributed by atoms with Gasteiger partial charge in [0.15, 0.2) is 11.5 Å². The van der Waals surface area contributed by atoms with Crippen molar-refractivity contribution in [3.05, 3.63) is 101 Å². The van der Waals surface area contributed by atoms with Gasteiger partial charge in [0.05, 0.1) is 36.0 Å². The van der Waals surface area contributed by atoms with Crippen LogP contribution in [0.2, 0.25) is 0 Å². The normalized spacial score (nSPS) is 11.0. The van der Waals surface area contributed by atoms with Crippen molar-refractivity contribution in [1.29, 1.82) is 0 Å². The number of halogens is 1. The van der Waals surface area contributed by atoms with Gasteiger partial charge in [-0.25, -0.2) is 19.3 Å². The maximum atomic E-state index is 13.4. The molecule has 0 aliphatic rings. The van der Waals surface area contributed by atoms with Gasteiger partial charge in [-0.1, -0.05) is 12.1 Å². The third-order valence-corrected chi connectivity index (χ3v) is 6.39. The summed E-state index contributed by atoms with van der Waals surface area (Å²) in [4.78, 5) is 29.6. The Labute approximate surface area is 227 Å². The Balaban J connectivity index is 1.29. The van der Waals surface area contributed by atoms with E-state index in [1.54, 1.807) is 81.2 Å². The highest BCUT2D eigenvalue weighted by atomic mass is 19.1. The lowest BCUT2D eigenvalue weighted by atomic mass is 10.0. The third kappa shape index (κ3) is 4.62. The standard InChI is InChI=1S/C30H22FN5O4/c1-38-25-13-21-24(14-26(25)39-2)34-16-35-30(21)40-20-9-7-19(8-10-20)36-29-27-23(11-12-32-29)33-15-22(28(27)37)17-3-5-18(31)6-4-17/h3-16H,1-2H3,(H,32,36)(H,33,37). The molecule has 2 N–H and O–H groups in total. The molecule has 0 atom stereocenters. The summed E-state index contributed by atoms with van der Waals surface area (Å²) in [6.45, 7) is 0. The molecule has 198 valence electrons. The van der Waals surface area contributed by atoms with E-state index in [9.17, 15) is 9.18 Å². The number of anilines is 2. The van der Waals surface area contributed by atoms with Crippen molar-refractivity contribution >= 4 is 33.3 Å². The van der Waals surface area contributed by atoms with Gasteiger partial charge in [-0.2, -0.15) is 0 Å². The van der Waals surface area contributed by atoms with E-state index in [0.717, 1.165) is 0 Å². The highest BCUT2D eigenvalue weighted by molar-refractivity contribution is 5.93. The fourth-order valence-corrected chi connectivity index (χ4v) is 4.40. The molecule has 0 amide bonds. The molecule has 6 rings (SSSR count). The minimum absolute atomic E-state index is 0.224. The number of nitrogens with one attached hydrogen (secondary N) is 2. The number of hydrogen-bond donors (Lipinski definition) is 2. The minimum atomic E-state index is -0.370. The van der Waals surface area contributed by atoms with Gasteiger partial charge in [-0.15, -0.1) is 0 Å². The first-order valence-corrected chi connectivity index (χ1v) is 12.2. The second kappa shape index (κ2) is 10.3. The molecule has 0 aliphatic heterocycles. The van der Waals surface area contributed by atoms with Gasteiger partial charge in [-0.3, -0.25) is 4.79 Å². The first kappa shape index (κ1) is 24.8. The Kier molecular flexibility index (Phi) is 6.41. The summed E-state index contributed by atoms with van der Waals surface area (Å²) in [5.41, 5.74) is 2.76. The zero-order valence-corrected chi connectivity index (χ0v) is 21.4. The summed E-state index contributed by atoms with van der Waals surface area (Å²) in [5, 5.41) is 4.28. The van der Waals surface area contributed by atoms with Crippen LogP contribution in [-0.4, -0.2) is 34.2 Å². The number of aromatic amines is 1. The van der Waals surface area contributed by atoms with E-state index in [2.05, 4.69) is 25.3 Å². The number of pyridine rings is 2. The zero-order valence-electron chi connectivity index (χ0n) is 21.4. The number of H-pyrrole nitrogens is 1. The monoisotopic (exact) mass is 535 g/mol. The van der Waals surface area contributed by atoms with Crippen molar-refractivity contribution < 1.29 is 18.6 Å². The number of ether oxygens (including phenoxy) is 3. The molecule has 9 nitrogen and oxygen atoms in total. The van der Waals surface area contributed by atoms with Crippen molar-refractivity contribution in [3.63, 3.8) is 0 Å². The third-order valence-electron chi connectivity index (χ3n) is 6.39. The van der Waals surface area contributed by atoms with Crippen LogP contribution in [0.3, 0.4) is 0 Å². The Morgan fingerprint density at radius 2 is 1.62 bits per heavy atom. The van der Waals surface area contributed by atoms with Crippen LogP contribution in [0.5, 0.6) is 23.1 Å². The summed E-state index contributed by atoms with van der Waals surface area (Å²) >= 11 is 0. The second-order valence-corrected chi connectivity index (χ2v) is 8.78. The lowest BCUT2D eigenvalue weighted by molar-refractivity contribution is 0.355. The Morgan fingerprint density at radius 3 is 2.38 bits per heavy atom. The van der Waals surface area contributed by atoms with Crippen LogP contribution >= 0.6 is 0 Å². The molecule has 0 radical (unpaired) electrons. The average molecular weight is 536 g/mol. The highest BCUT2D eigenvalue weighted by Gasteiger charge is 2.14. The predicted octanol–water partition coefficient (Wildman–Crippen LogP) is 6.23. The van der Waals surface area contributed by atoms with Crippen molar-refractivity contribution in [2.24, 2.45) is 0 Å². The smallest absolute Gasteiger partial charge is 0.230 e. The fraction of sp³-hybridized carbons (Fsp3) is 0.0667. The quantitative estimate of drug-likeness (QED) is 0.248. The lowest BCUT2D eigenvalue weighted by Crippen LogP contribution is -2.09. The molecule has 3 heterocycles. The molecule has 0 bridgehead atoms. The SMILES string of the molecule is COc1cc2ncnc(Oc3ccc(Nc4nccc5[nH]cc(-c6ccc(F)cc6)c(=O)c45)cc3)c2cc1OC. The summed E-state index contributed by atoms with van der Waals surface area (Å²) in [6.07, 6.45) is 4.65. The molecule has 3 aromatic heterocycles. The zero-order chi connectivity index (χ0) is 27.6. The van der Waals surface area contributed by atoms with E-state index >= 15 is 0 Å². The van der Waals surface area contributed by atoms with Gasteiger partial charge in [0.2, 0.25) is 11.3 Å². The van der Waals surface area contributed by atoms with Crippen LogP contribution in [0.25, 0.3) is 32.9 Å². The number of aromatic nitrogens is 4. The Morgan fingerprint density at radius 1 is 0.875 bits per heavy atom. The number of hydrogen-bond acceptors (Lipinski definition) is 8. The van der Waals surface area contributed by atoms with E-state index in [0.29, 0.717) is 67.6 Å². The molecule has 40 heavy (non-hydrogen) atoms. The van der Waals surface area contributed by atoms with Gasteiger partial charge in [-0.05, 0) is 54.1 Å². The first-order valence-electron chi connectivity index (χ1n) is 12.2. The van der Waals surface area contributed by atoms with E-state index in [1.165, 1.54) is 18.5 Å². The van der Waals surface area contributed by atoms with Crippen LogP contribution in [0, 0.1) is 5.82 Å². The van der Waals surface area contributed by atoms with Gasteiger partial charge in [0.25, 0.3) is 0 Å². The number of benzene rings is 3. The number of methoxy groups -OCH3 is 2. The number of fused-ring (bicyclic) bond motifs is 2. The maximum absolute atomic E-state index is 13.4. The molecule has 0 unspecified atom stereocenters. The van der Waals surface area contributed by atoms with Crippen molar-refractivity contribution in [3.8, 4) is 34.3 Å². The molecule has 0 saturated carbocycles. The number of rotatable bonds is 7. The topological polar surface area (TPSA) is 111 Å². The van der Waals surface area contributed by atoms with Crippen molar-refractivity contribution in [2.45, 2.75) is 0 Å². The predicted molar refractivity (Wildman–Crippen MR) is 150 cm³/mol. The van der Waals surface area contributed by atoms with Crippen molar-refractivity contribution in [2.75, 3.05) is 19.5 Å². The van der Waals surface area contributed by atoms with Gasteiger partial charge in [0, 0.05) is 29.7 Å². The minimum Gasteiger partial charge on any atom is -0.493 e. The molecule has 0 fully saturated rings. The lowest BCUT2D eigenvalue weighted by Gasteiger charge is -2.12. The van der Waals surface area contributed by atoms with E-state index in [1.807, 2.05) is 0 Å². The molecule has 0 saturated heterocycles. The van der Waals surface area contributed by atoms with Crippen LogP contribution in [0.4, 0.5) is 15.9 Å². The molecule has 0 spiro atoms. The Hall–Kier alpha value is -5.51. The van der Waals surface area contributed by atoms with Crippen molar-refractivity contribution in [1.82, 2.24) is 19.9 Å². The van der Waals surface area contributed by atoms with Gasteiger partial charge >= 0.3 is 0 Å². The van der Waals surface area contributed by atoms with Crippen LogP contribution in [-0.2, 0) is 0 Å². The fourth-order valence-electron chi connectivity index (χ4n) is 4.40. The van der Waals surface area contributed by atoms with E-state index in [-0.39, 0.29) is 11.2 Å². The average Bonchev–Trinajstić information content (AvgIpc) is 2.98. The maximum Gasteiger partial charge on any atom is 0.230 e. The number of nitrogens with zero attached hydrogens (tertiary/aromatic N) is 3. The van der Waals surface area contributed by atoms with Gasteiger partial charge in [0.1, 0.15) is 23.7 Å². The van der Waals surface area contributed by atoms with E-state index in [4.69, 9.17) is 14.2 Å². The Bertz CT molecular complexity index is 1910. The van der Waals surface area contributed by atoms with Crippen LogP contribution in [0.1, 0.15) is 0 Å². The molecular weight excluding hydrogens is 513 g/mol. The largest absolute Gasteiger partial charge is 0.493 e. The summed E-state index contributed by atoms with van der Waals surface area (Å²) < 4.78 is 30.2. The summed E-state index contributed by atoms with van der Waals surface area (Å²) in [7, 11) is 3.12. The van der Waals surface area contributed by atoms with Gasteiger partial charge < -0.3 is 24.5 Å². The molecule has 6 aromatic rings. The van der Waals surface area contributed by atoms with E-state index < -0.39 is 0 Å². The molecule has 10 heteroatoms. The molecule has 3 aromatic carbocycles. The second-order valence-electron chi connectivity index (χ2n) is 8.78. The molecule has 0 aliphatic carbocycles. The summed E-state index contributed by atoms with van der Waals surface area (Å²) in [6, 6.07) is 18.2.